The number of oxazole rings is 1. The highest BCUT2D eigenvalue weighted by molar-refractivity contribution is 5.85. The summed E-state index contributed by atoms with van der Waals surface area (Å²) in [6, 6.07) is 5.64. The summed E-state index contributed by atoms with van der Waals surface area (Å²) in [7, 11) is 0. The smallest absolute Gasteiger partial charge is 0.319 e. The van der Waals surface area contributed by atoms with Crippen LogP contribution in [0.2, 0.25) is 0 Å². The van der Waals surface area contributed by atoms with Gasteiger partial charge in [0.2, 0.25) is 5.89 Å². The lowest BCUT2D eigenvalue weighted by Crippen LogP contribution is -2.19. The molecule has 1 aliphatic carbocycles. The van der Waals surface area contributed by atoms with Gasteiger partial charge in [0.05, 0.1) is 0 Å². The molecule has 4 heteroatoms. The number of para-hydroxylation sites is 1. The molecule has 0 aliphatic heterocycles. The fourth-order valence-electron chi connectivity index (χ4n) is 1.94. The predicted molar refractivity (Wildman–Crippen MR) is 57.3 cm³/mol. The Hall–Kier alpha value is -1.84. The van der Waals surface area contributed by atoms with Crippen LogP contribution in [0.5, 0.6) is 0 Å². The molecule has 0 bridgehead atoms. The number of fused-ring (bicyclic) bond motifs is 1. The maximum Gasteiger partial charge on any atom is 0.319 e. The summed E-state index contributed by atoms with van der Waals surface area (Å²) in [6.45, 7) is 1.94. The van der Waals surface area contributed by atoms with Crippen molar-refractivity contribution < 1.29 is 14.3 Å². The average molecular weight is 217 g/mol. The predicted octanol–water partition coefficient (Wildman–Crippen LogP) is 2.25. The summed E-state index contributed by atoms with van der Waals surface area (Å²) < 4.78 is 5.55. The fourth-order valence-corrected chi connectivity index (χ4v) is 1.94. The average Bonchev–Trinajstić information content (AvgIpc) is 2.94. The second-order valence-electron chi connectivity index (χ2n) is 4.33. The third kappa shape index (κ3) is 1.10. The van der Waals surface area contributed by atoms with Crippen LogP contribution in [0.4, 0.5) is 0 Å². The van der Waals surface area contributed by atoms with Crippen molar-refractivity contribution in [3.8, 4) is 0 Å². The quantitative estimate of drug-likeness (QED) is 0.837. The molecule has 0 amide bonds. The van der Waals surface area contributed by atoms with Gasteiger partial charge in [-0.25, -0.2) is 4.98 Å². The van der Waals surface area contributed by atoms with Crippen molar-refractivity contribution in [1.82, 2.24) is 4.98 Å². The number of carboxylic acids is 1. The van der Waals surface area contributed by atoms with E-state index >= 15 is 0 Å². The molecule has 0 spiro atoms. The van der Waals surface area contributed by atoms with E-state index in [0.717, 1.165) is 11.1 Å². The van der Waals surface area contributed by atoms with Gasteiger partial charge in [-0.2, -0.15) is 0 Å². The van der Waals surface area contributed by atoms with Gasteiger partial charge in [-0.3, -0.25) is 4.79 Å². The van der Waals surface area contributed by atoms with Gasteiger partial charge in [-0.15, -0.1) is 0 Å². The number of aryl methyl sites for hydroxylation is 1. The highest BCUT2D eigenvalue weighted by atomic mass is 16.4. The minimum absolute atomic E-state index is 0.351. The van der Waals surface area contributed by atoms with E-state index in [1.165, 1.54) is 0 Å². The summed E-state index contributed by atoms with van der Waals surface area (Å²) in [5.41, 5.74) is 1.59. The third-order valence-corrected chi connectivity index (χ3v) is 3.19. The van der Waals surface area contributed by atoms with Crippen molar-refractivity contribution in [2.45, 2.75) is 25.2 Å². The normalized spacial score (nSPS) is 17.6. The molecular weight excluding hydrogens is 206 g/mol. The van der Waals surface area contributed by atoms with Crippen LogP contribution in [0, 0.1) is 6.92 Å². The van der Waals surface area contributed by atoms with E-state index < -0.39 is 11.4 Å². The Balaban J connectivity index is 2.20. The highest BCUT2D eigenvalue weighted by Crippen LogP contribution is 2.48. The molecule has 4 nitrogen and oxygen atoms in total. The number of carbonyl (C=O) groups is 1. The first-order chi connectivity index (χ1) is 7.63. The summed E-state index contributed by atoms with van der Waals surface area (Å²) >= 11 is 0. The number of hydrogen-bond donors (Lipinski definition) is 1. The van der Waals surface area contributed by atoms with Crippen LogP contribution >= 0.6 is 0 Å². The van der Waals surface area contributed by atoms with E-state index in [2.05, 4.69) is 4.98 Å². The van der Waals surface area contributed by atoms with E-state index in [4.69, 9.17) is 9.52 Å². The van der Waals surface area contributed by atoms with E-state index in [1.807, 2.05) is 25.1 Å². The molecule has 1 saturated carbocycles. The van der Waals surface area contributed by atoms with Crippen molar-refractivity contribution in [3.05, 3.63) is 29.7 Å². The zero-order chi connectivity index (χ0) is 11.3. The molecule has 1 aliphatic rings. The summed E-state index contributed by atoms with van der Waals surface area (Å²) in [5.74, 6) is -0.485. The SMILES string of the molecule is Cc1cccc2oc(C3(C(=O)O)CC3)nc12. The molecule has 0 radical (unpaired) electrons. The van der Waals surface area contributed by atoms with Crippen molar-refractivity contribution in [2.75, 3.05) is 0 Å². The lowest BCUT2D eigenvalue weighted by atomic mass is 10.1. The van der Waals surface area contributed by atoms with Gasteiger partial charge in [-0.05, 0) is 31.4 Å². The first-order valence-electron chi connectivity index (χ1n) is 5.23. The van der Waals surface area contributed by atoms with Crippen LogP contribution in [0.15, 0.2) is 22.6 Å². The molecule has 1 aromatic carbocycles. The second kappa shape index (κ2) is 2.84. The molecule has 2 aromatic rings. The van der Waals surface area contributed by atoms with Gasteiger partial charge in [0.1, 0.15) is 10.9 Å². The lowest BCUT2D eigenvalue weighted by Gasteiger charge is -2.01. The number of hydrogen-bond acceptors (Lipinski definition) is 3. The van der Waals surface area contributed by atoms with Gasteiger partial charge < -0.3 is 9.52 Å². The molecule has 3 rings (SSSR count). The Kier molecular flexibility index (Phi) is 1.67. The van der Waals surface area contributed by atoms with Crippen LogP contribution in [-0.2, 0) is 10.2 Å². The molecule has 0 unspecified atom stereocenters. The molecule has 1 fully saturated rings. The maximum atomic E-state index is 11.1. The van der Waals surface area contributed by atoms with Crippen LogP contribution in [0.25, 0.3) is 11.1 Å². The van der Waals surface area contributed by atoms with Crippen molar-refractivity contribution >= 4 is 17.1 Å². The van der Waals surface area contributed by atoms with E-state index in [1.54, 1.807) is 0 Å². The van der Waals surface area contributed by atoms with Gasteiger partial charge in [0, 0.05) is 0 Å². The fraction of sp³-hybridized carbons (Fsp3) is 0.333. The standard InChI is InChI=1S/C12H11NO3/c1-7-3-2-4-8-9(7)13-10(16-8)12(5-6-12)11(14)15/h2-4H,5-6H2,1H3,(H,14,15). The topological polar surface area (TPSA) is 63.3 Å². The van der Waals surface area contributed by atoms with Gasteiger partial charge in [0.15, 0.2) is 5.58 Å². The summed E-state index contributed by atoms with van der Waals surface area (Å²) in [4.78, 5) is 15.5. The van der Waals surface area contributed by atoms with Crippen molar-refractivity contribution in [3.63, 3.8) is 0 Å². The number of aliphatic carboxylic acids is 1. The number of benzene rings is 1. The molecular formula is C12H11NO3. The van der Waals surface area contributed by atoms with Crippen LogP contribution in [0.3, 0.4) is 0 Å². The van der Waals surface area contributed by atoms with Crippen molar-refractivity contribution in [2.24, 2.45) is 0 Å². The molecule has 1 N–H and O–H groups in total. The van der Waals surface area contributed by atoms with Crippen molar-refractivity contribution in [1.29, 1.82) is 0 Å². The molecule has 1 heterocycles. The van der Waals surface area contributed by atoms with Gasteiger partial charge in [-0.1, -0.05) is 12.1 Å². The van der Waals surface area contributed by atoms with Crippen LogP contribution in [-0.4, -0.2) is 16.1 Å². The zero-order valence-corrected chi connectivity index (χ0v) is 8.86. The Labute approximate surface area is 91.9 Å². The third-order valence-electron chi connectivity index (χ3n) is 3.19. The second-order valence-corrected chi connectivity index (χ2v) is 4.33. The van der Waals surface area contributed by atoms with Crippen LogP contribution in [0.1, 0.15) is 24.3 Å². The number of rotatable bonds is 2. The van der Waals surface area contributed by atoms with E-state index in [-0.39, 0.29) is 0 Å². The largest absolute Gasteiger partial charge is 0.480 e. The van der Waals surface area contributed by atoms with E-state index in [0.29, 0.717) is 24.3 Å². The first kappa shape index (κ1) is 9.39. The highest BCUT2D eigenvalue weighted by Gasteiger charge is 2.56. The van der Waals surface area contributed by atoms with Gasteiger partial charge in [0.25, 0.3) is 0 Å². The van der Waals surface area contributed by atoms with Gasteiger partial charge >= 0.3 is 5.97 Å². The summed E-state index contributed by atoms with van der Waals surface area (Å²) in [6.07, 6.45) is 1.24. The Morgan fingerprint density at radius 3 is 2.81 bits per heavy atom. The maximum absolute atomic E-state index is 11.1. The number of nitrogens with zero attached hydrogens (tertiary/aromatic N) is 1. The molecule has 1 aromatic heterocycles. The first-order valence-corrected chi connectivity index (χ1v) is 5.23. The minimum Gasteiger partial charge on any atom is -0.480 e. The Bertz CT molecular complexity index is 581. The lowest BCUT2D eigenvalue weighted by molar-refractivity contribution is -0.140. The number of carboxylic acid groups (broad SMARTS) is 1. The van der Waals surface area contributed by atoms with E-state index in [9.17, 15) is 4.79 Å². The minimum atomic E-state index is -0.856. The van der Waals surface area contributed by atoms with Crippen LogP contribution < -0.4 is 0 Å². The molecule has 0 saturated heterocycles. The molecule has 0 atom stereocenters. The Morgan fingerprint density at radius 2 is 2.25 bits per heavy atom. The Morgan fingerprint density at radius 1 is 1.50 bits per heavy atom. The molecule has 16 heavy (non-hydrogen) atoms. The number of aromatic nitrogens is 1. The zero-order valence-electron chi connectivity index (χ0n) is 8.86. The summed E-state index contributed by atoms with van der Waals surface area (Å²) in [5, 5.41) is 9.15. The molecule has 82 valence electrons. The monoisotopic (exact) mass is 217 g/mol.